The van der Waals surface area contributed by atoms with Crippen molar-refractivity contribution in [1.29, 1.82) is 0 Å². The Morgan fingerprint density at radius 1 is 1.79 bits per heavy atom. The molecule has 0 fully saturated rings. The zero-order chi connectivity index (χ0) is 10.4. The van der Waals surface area contributed by atoms with Crippen LogP contribution in [0.4, 0.5) is 5.82 Å². The molecule has 0 aliphatic carbocycles. The van der Waals surface area contributed by atoms with Crippen molar-refractivity contribution in [3.8, 4) is 0 Å². The summed E-state index contributed by atoms with van der Waals surface area (Å²) >= 11 is 0. The van der Waals surface area contributed by atoms with Gasteiger partial charge in [-0.3, -0.25) is 4.79 Å². The molecule has 0 saturated heterocycles. The zero-order valence-corrected chi connectivity index (χ0v) is 8.04. The standard InChI is InChI=1S/C9H13N3O2/c1-3-4-10-9(13)6-11-8-5-7(2)14-12-8/h3,5H,1,4,6H2,2H3,(H,10,13)(H,11,12). The van der Waals surface area contributed by atoms with Crippen LogP contribution in [0.15, 0.2) is 23.2 Å². The van der Waals surface area contributed by atoms with Crippen molar-refractivity contribution in [3.05, 3.63) is 24.5 Å². The minimum Gasteiger partial charge on any atom is -0.360 e. The van der Waals surface area contributed by atoms with Gasteiger partial charge in [0.1, 0.15) is 5.76 Å². The minimum absolute atomic E-state index is 0.106. The van der Waals surface area contributed by atoms with E-state index >= 15 is 0 Å². The van der Waals surface area contributed by atoms with Gasteiger partial charge >= 0.3 is 0 Å². The molecule has 0 aromatic carbocycles. The van der Waals surface area contributed by atoms with Gasteiger partial charge in [0.25, 0.3) is 0 Å². The lowest BCUT2D eigenvalue weighted by Gasteiger charge is -2.01. The van der Waals surface area contributed by atoms with Crippen LogP contribution >= 0.6 is 0 Å². The molecule has 1 aromatic rings. The van der Waals surface area contributed by atoms with Gasteiger partial charge in [-0.1, -0.05) is 11.2 Å². The molecule has 5 heteroatoms. The minimum atomic E-state index is -0.106. The van der Waals surface area contributed by atoms with Crippen LogP contribution < -0.4 is 10.6 Å². The summed E-state index contributed by atoms with van der Waals surface area (Å²) in [6.07, 6.45) is 1.62. The molecule has 76 valence electrons. The van der Waals surface area contributed by atoms with Crippen molar-refractivity contribution < 1.29 is 9.32 Å². The van der Waals surface area contributed by atoms with Crippen molar-refractivity contribution in [2.24, 2.45) is 0 Å². The van der Waals surface area contributed by atoms with E-state index in [1.54, 1.807) is 19.1 Å². The molecular weight excluding hydrogens is 182 g/mol. The molecule has 0 aliphatic rings. The van der Waals surface area contributed by atoms with Gasteiger partial charge < -0.3 is 15.2 Å². The summed E-state index contributed by atoms with van der Waals surface area (Å²) in [6, 6.07) is 1.72. The van der Waals surface area contributed by atoms with Gasteiger partial charge in [-0.2, -0.15) is 0 Å². The number of aryl methyl sites for hydroxylation is 1. The summed E-state index contributed by atoms with van der Waals surface area (Å²) in [5.74, 6) is 1.17. The van der Waals surface area contributed by atoms with Crippen LogP contribution in [0.2, 0.25) is 0 Å². The maximum atomic E-state index is 11.1. The Bertz CT molecular complexity index is 320. The molecule has 0 atom stereocenters. The molecule has 1 amide bonds. The molecule has 1 rings (SSSR count). The molecule has 5 nitrogen and oxygen atoms in total. The highest BCUT2D eigenvalue weighted by Crippen LogP contribution is 2.05. The molecule has 1 aromatic heterocycles. The second-order valence-corrected chi connectivity index (χ2v) is 2.77. The molecule has 0 aliphatic heterocycles. The van der Waals surface area contributed by atoms with Gasteiger partial charge in [-0.25, -0.2) is 0 Å². The molecule has 0 saturated carbocycles. The fourth-order valence-corrected chi connectivity index (χ4v) is 0.869. The largest absolute Gasteiger partial charge is 0.360 e. The number of carbonyl (C=O) groups is 1. The zero-order valence-electron chi connectivity index (χ0n) is 8.04. The molecule has 14 heavy (non-hydrogen) atoms. The quantitative estimate of drug-likeness (QED) is 0.678. The van der Waals surface area contributed by atoms with Crippen LogP contribution in [0.25, 0.3) is 0 Å². The number of nitrogens with zero attached hydrogens (tertiary/aromatic N) is 1. The molecule has 0 unspecified atom stereocenters. The van der Waals surface area contributed by atoms with Gasteiger partial charge in [0.15, 0.2) is 5.82 Å². The lowest BCUT2D eigenvalue weighted by molar-refractivity contribution is -0.119. The summed E-state index contributed by atoms with van der Waals surface area (Å²) in [5, 5.41) is 9.14. The number of rotatable bonds is 5. The maximum absolute atomic E-state index is 11.1. The van der Waals surface area contributed by atoms with Crippen molar-refractivity contribution in [3.63, 3.8) is 0 Å². The van der Waals surface area contributed by atoms with E-state index in [-0.39, 0.29) is 12.5 Å². The normalized spacial score (nSPS) is 9.50. The van der Waals surface area contributed by atoms with Crippen LogP contribution in [0.3, 0.4) is 0 Å². The second-order valence-electron chi connectivity index (χ2n) is 2.77. The van der Waals surface area contributed by atoms with Crippen LogP contribution in [-0.2, 0) is 4.79 Å². The number of nitrogens with one attached hydrogen (secondary N) is 2. The SMILES string of the molecule is C=CCNC(=O)CNc1cc(C)on1. The van der Waals surface area contributed by atoms with E-state index in [4.69, 9.17) is 4.52 Å². The molecule has 0 spiro atoms. The first-order chi connectivity index (χ1) is 6.72. The van der Waals surface area contributed by atoms with E-state index < -0.39 is 0 Å². The third-order valence-electron chi connectivity index (χ3n) is 1.50. The second kappa shape index (κ2) is 5.06. The van der Waals surface area contributed by atoms with E-state index in [1.807, 2.05) is 0 Å². The first kappa shape index (κ1) is 10.3. The van der Waals surface area contributed by atoms with E-state index in [0.717, 1.165) is 0 Å². The highest BCUT2D eigenvalue weighted by molar-refractivity contribution is 5.80. The number of aromatic nitrogens is 1. The fraction of sp³-hybridized carbons (Fsp3) is 0.333. The van der Waals surface area contributed by atoms with Gasteiger partial charge in [0.05, 0.1) is 6.54 Å². The summed E-state index contributed by atoms with van der Waals surface area (Å²) in [7, 11) is 0. The van der Waals surface area contributed by atoms with Crippen molar-refractivity contribution in [2.45, 2.75) is 6.92 Å². The lowest BCUT2D eigenvalue weighted by Crippen LogP contribution is -2.29. The smallest absolute Gasteiger partial charge is 0.239 e. The Kier molecular flexibility index (Phi) is 3.72. The van der Waals surface area contributed by atoms with E-state index in [9.17, 15) is 4.79 Å². The predicted molar refractivity (Wildman–Crippen MR) is 52.9 cm³/mol. The van der Waals surface area contributed by atoms with Crippen molar-refractivity contribution >= 4 is 11.7 Å². The van der Waals surface area contributed by atoms with Crippen LogP contribution in [0, 0.1) is 6.92 Å². The third-order valence-corrected chi connectivity index (χ3v) is 1.50. The first-order valence-electron chi connectivity index (χ1n) is 4.27. The highest BCUT2D eigenvalue weighted by Gasteiger charge is 2.02. The van der Waals surface area contributed by atoms with Crippen molar-refractivity contribution in [1.82, 2.24) is 10.5 Å². The Labute approximate surface area is 82.2 Å². The molecule has 2 N–H and O–H groups in total. The van der Waals surface area contributed by atoms with E-state index in [0.29, 0.717) is 18.1 Å². The monoisotopic (exact) mass is 195 g/mol. The van der Waals surface area contributed by atoms with Gasteiger partial charge in [-0.05, 0) is 6.92 Å². The molecule has 0 bridgehead atoms. The number of amides is 1. The third kappa shape index (κ3) is 3.30. The van der Waals surface area contributed by atoms with E-state index in [2.05, 4.69) is 22.4 Å². The average Bonchev–Trinajstić information content (AvgIpc) is 2.58. The molecule has 1 heterocycles. The predicted octanol–water partition coefficient (Wildman–Crippen LogP) is 0.697. The Morgan fingerprint density at radius 3 is 3.14 bits per heavy atom. The van der Waals surface area contributed by atoms with Crippen LogP contribution in [0.5, 0.6) is 0 Å². The van der Waals surface area contributed by atoms with E-state index in [1.165, 1.54) is 0 Å². The molecule has 0 radical (unpaired) electrons. The average molecular weight is 195 g/mol. The van der Waals surface area contributed by atoms with Gasteiger partial charge in [0, 0.05) is 12.6 Å². The maximum Gasteiger partial charge on any atom is 0.239 e. The number of hydrogen-bond acceptors (Lipinski definition) is 4. The highest BCUT2D eigenvalue weighted by atomic mass is 16.5. The Hall–Kier alpha value is -1.78. The topological polar surface area (TPSA) is 67.2 Å². The first-order valence-corrected chi connectivity index (χ1v) is 4.27. The van der Waals surface area contributed by atoms with Crippen molar-refractivity contribution in [2.75, 3.05) is 18.4 Å². The van der Waals surface area contributed by atoms with Crippen LogP contribution in [-0.4, -0.2) is 24.2 Å². The number of anilines is 1. The Balaban J connectivity index is 2.26. The number of hydrogen-bond donors (Lipinski definition) is 2. The summed E-state index contributed by atoms with van der Waals surface area (Å²) in [5.41, 5.74) is 0. The summed E-state index contributed by atoms with van der Waals surface area (Å²) in [4.78, 5) is 11.1. The van der Waals surface area contributed by atoms with Gasteiger partial charge in [-0.15, -0.1) is 6.58 Å². The van der Waals surface area contributed by atoms with Gasteiger partial charge in [0.2, 0.25) is 5.91 Å². The fourth-order valence-electron chi connectivity index (χ4n) is 0.869. The summed E-state index contributed by atoms with van der Waals surface area (Å²) in [6.45, 7) is 5.93. The molecular formula is C9H13N3O2. The summed E-state index contributed by atoms with van der Waals surface area (Å²) < 4.78 is 4.82. The Morgan fingerprint density at radius 2 is 2.57 bits per heavy atom. The number of carbonyl (C=O) groups excluding carboxylic acids is 1. The van der Waals surface area contributed by atoms with Crippen LogP contribution in [0.1, 0.15) is 5.76 Å². The lowest BCUT2D eigenvalue weighted by atomic mass is 10.4.